The number of imidazole rings is 1. The minimum Gasteiger partial charge on any atom is -0.354 e. The fourth-order valence-corrected chi connectivity index (χ4v) is 6.02. The standard InChI is InChI=1S/C37H34N4/c1-23(2)41-33-18-10-14-27(24-11-8-12-25(21-24)32-22-26(19-20-38-32)37(3,4)5)35(33)40-36(41)30-16-9-15-29-28-13-6-7-17-31(28)39-34(29)30/h6-23,39H,1-5H3. The minimum atomic E-state index is 0.0643. The fourth-order valence-electron chi connectivity index (χ4n) is 6.02. The van der Waals surface area contributed by atoms with E-state index in [0.717, 1.165) is 55.8 Å². The Balaban J connectivity index is 1.42. The average Bonchev–Trinajstić information content (AvgIpc) is 3.56. The van der Waals surface area contributed by atoms with Crippen LogP contribution in [0.2, 0.25) is 0 Å². The topological polar surface area (TPSA) is 46.5 Å². The number of rotatable bonds is 4. The fraction of sp³-hybridized carbons (Fsp3) is 0.189. The lowest BCUT2D eigenvalue weighted by Gasteiger charge is -2.19. The summed E-state index contributed by atoms with van der Waals surface area (Å²) in [5.74, 6) is 0.982. The molecule has 7 aromatic rings. The number of nitrogens with zero attached hydrogens (tertiary/aromatic N) is 3. The molecule has 3 aromatic heterocycles. The summed E-state index contributed by atoms with van der Waals surface area (Å²) in [6.45, 7) is 11.2. The molecule has 41 heavy (non-hydrogen) atoms. The number of benzene rings is 4. The van der Waals surface area contributed by atoms with Gasteiger partial charge in [-0.25, -0.2) is 4.98 Å². The molecule has 7 rings (SSSR count). The Hall–Kier alpha value is -4.70. The second-order valence-electron chi connectivity index (χ2n) is 12.2. The summed E-state index contributed by atoms with van der Waals surface area (Å²) in [5, 5.41) is 2.46. The number of hydrogen-bond acceptors (Lipinski definition) is 2. The first-order chi connectivity index (χ1) is 19.8. The number of H-pyrrole nitrogens is 1. The summed E-state index contributed by atoms with van der Waals surface area (Å²) in [6.07, 6.45) is 1.92. The molecule has 0 saturated heterocycles. The van der Waals surface area contributed by atoms with Crippen molar-refractivity contribution in [3.05, 3.63) is 109 Å². The molecule has 0 amide bonds. The molecule has 4 nitrogen and oxygen atoms in total. The van der Waals surface area contributed by atoms with E-state index < -0.39 is 0 Å². The molecule has 1 N–H and O–H groups in total. The summed E-state index contributed by atoms with van der Waals surface area (Å²) < 4.78 is 2.37. The monoisotopic (exact) mass is 534 g/mol. The SMILES string of the molecule is CC(C)n1c(-c2cccc3c2[nH]c2ccccc23)nc2c(-c3cccc(-c4cc(C(C)(C)C)ccn4)c3)cccc21. The van der Waals surface area contributed by atoms with Crippen molar-refractivity contribution in [1.29, 1.82) is 0 Å². The molecule has 0 aliphatic carbocycles. The van der Waals surface area contributed by atoms with Crippen LogP contribution in [0.25, 0.3) is 66.6 Å². The van der Waals surface area contributed by atoms with E-state index in [1.54, 1.807) is 0 Å². The van der Waals surface area contributed by atoms with E-state index in [1.165, 1.54) is 16.3 Å². The molecule has 202 valence electrons. The molecule has 0 atom stereocenters. The third-order valence-electron chi connectivity index (χ3n) is 8.11. The van der Waals surface area contributed by atoms with E-state index in [9.17, 15) is 0 Å². The third kappa shape index (κ3) is 4.22. The Morgan fingerprint density at radius 2 is 1.46 bits per heavy atom. The van der Waals surface area contributed by atoms with Crippen LogP contribution in [0.5, 0.6) is 0 Å². The van der Waals surface area contributed by atoms with Gasteiger partial charge in [-0.1, -0.05) is 81.4 Å². The summed E-state index contributed by atoms with van der Waals surface area (Å²) in [6, 6.07) is 34.8. The number of pyridine rings is 1. The molecular weight excluding hydrogens is 500 g/mol. The van der Waals surface area contributed by atoms with Crippen molar-refractivity contribution in [3.8, 4) is 33.8 Å². The number of fused-ring (bicyclic) bond motifs is 4. The van der Waals surface area contributed by atoms with Gasteiger partial charge in [0.2, 0.25) is 0 Å². The van der Waals surface area contributed by atoms with Crippen molar-refractivity contribution < 1.29 is 0 Å². The minimum absolute atomic E-state index is 0.0643. The smallest absolute Gasteiger partial charge is 0.143 e. The predicted molar refractivity (Wildman–Crippen MR) is 172 cm³/mol. The molecule has 0 unspecified atom stereocenters. The first-order valence-corrected chi connectivity index (χ1v) is 14.4. The van der Waals surface area contributed by atoms with E-state index in [4.69, 9.17) is 9.97 Å². The van der Waals surface area contributed by atoms with E-state index >= 15 is 0 Å². The molecule has 0 fully saturated rings. The Kier molecular flexibility index (Phi) is 5.83. The first kappa shape index (κ1) is 25.3. The summed E-state index contributed by atoms with van der Waals surface area (Å²) in [4.78, 5) is 13.8. The lowest BCUT2D eigenvalue weighted by Crippen LogP contribution is -2.11. The van der Waals surface area contributed by atoms with Crippen LogP contribution in [0.1, 0.15) is 46.2 Å². The first-order valence-electron chi connectivity index (χ1n) is 14.4. The van der Waals surface area contributed by atoms with Crippen LogP contribution in [-0.2, 0) is 5.41 Å². The molecule has 0 saturated carbocycles. The second kappa shape index (κ2) is 9.45. The van der Waals surface area contributed by atoms with Gasteiger partial charge in [-0.05, 0) is 66.8 Å². The van der Waals surface area contributed by atoms with Gasteiger partial charge < -0.3 is 9.55 Å². The Morgan fingerprint density at radius 1 is 0.732 bits per heavy atom. The van der Waals surface area contributed by atoms with Gasteiger partial charge in [-0.15, -0.1) is 0 Å². The van der Waals surface area contributed by atoms with Crippen molar-refractivity contribution in [2.45, 2.75) is 46.1 Å². The van der Waals surface area contributed by atoms with Crippen LogP contribution in [0.4, 0.5) is 0 Å². The van der Waals surface area contributed by atoms with Crippen LogP contribution in [-0.4, -0.2) is 19.5 Å². The highest BCUT2D eigenvalue weighted by atomic mass is 15.1. The lowest BCUT2D eigenvalue weighted by molar-refractivity contribution is 0.589. The highest BCUT2D eigenvalue weighted by Gasteiger charge is 2.21. The van der Waals surface area contributed by atoms with Crippen molar-refractivity contribution >= 4 is 32.8 Å². The Bertz CT molecular complexity index is 2070. The van der Waals surface area contributed by atoms with Crippen molar-refractivity contribution in [3.63, 3.8) is 0 Å². The highest BCUT2D eigenvalue weighted by Crippen LogP contribution is 2.39. The van der Waals surface area contributed by atoms with Gasteiger partial charge in [0.25, 0.3) is 0 Å². The largest absolute Gasteiger partial charge is 0.354 e. The molecule has 0 aliphatic heterocycles. The maximum atomic E-state index is 5.38. The third-order valence-corrected chi connectivity index (χ3v) is 8.11. The van der Waals surface area contributed by atoms with Crippen LogP contribution in [0, 0.1) is 0 Å². The average molecular weight is 535 g/mol. The van der Waals surface area contributed by atoms with Crippen molar-refractivity contribution in [1.82, 2.24) is 19.5 Å². The number of aromatic amines is 1. The number of nitrogens with one attached hydrogen (secondary N) is 1. The maximum absolute atomic E-state index is 5.38. The van der Waals surface area contributed by atoms with Gasteiger partial charge in [0.15, 0.2) is 0 Å². The Labute approximate surface area is 240 Å². The quantitative estimate of drug-likeness (QED) is 0.244. The van der Waals surface area contributed by atoms with Crippen molar-refractivity contribution in [2.75, 3.05) is 0 Å². The van der Waals surface area contributed by atoms with E-state index in [1.807, 2.05) is 6.20 Å². The van der Waals surface area contributed by atoms with Crippen LogP contribution in [0.3, 0.4) is 0 Å². The van der Waals surface area contributed by atoms with Gasteiger partial charge in [-0.3, -0.25) is 4.98 Å². The Morgan fingerprint density at radius 3 is 2.29 bits per heavy atom. The zero-order chi connectivity index (χ0) is 28.3. The van der Waals surface area contributed by atoms with Crippen LogP contribution < -0.4 is 0 Å². The summed E-state index contributed by atoms with van der Waals surface area (Å²) in [5.41, 5.74) is 11.2. The maximum Gasteiger partial charge on any atom is 0.143 e. The lowest BCUT2D eigenvalue weighted by atomic mass is 9.87. The molecular formula is C37H34N4. The van der Waals surface area contributed by atoms with Gasteiger partial charge >= 0.3 is 0 Å². The van der Waals surface area contributed by atoms with E-state index in [2.05, 4.69) is 141 Å². The number of hydrogen-bond donors (Lipinski definition) is 1. The van der Waals surface area contributed by atoms with Gasteiger partial charge in [0.1, 0.15) is 5.82 Å². The molecule has 0 aliphatic rings. The number of aromatic nitrogens is 4. The molecule has 0 radical (unpaired) electrons. The number of para-hydroxylation sites is 3. The van der Waals surface area contributed by atoms with Crippen LogP contribution >= 0.6 is 0 Å². The second-order valence-corrected chi connectivity index (χ2v) is 12.2. The summed E-state index contributed by atoms with van der Waals surface area (Å²) in [7, 11) is 0. The normalized spacial score (nSPS) is 12.2. The van der Waals surface area contributed by atoms with Gasteiger partial charge in [0.05, 0.1) is 22.2 Å². The van der Waals surface area contributed by atoms with E-state index in [-0.39, 0.29) is 11.5 Å². The molecule has 4 aromatic carbocycles. The van der Waals surface area contributed by atoms with Crippen LogP contribution in [0.15, 0.2) is 103 Å². The van der Waals surface area contributed by atoms with Crippen molar-refractivity contribution in [2.24, 2.45) is 0 Å². The molecule has 4 heteroatoms. The predicted octanol–water partition coefficient (Wildman–Crippen LogP) is 9.95. The molecule has 3 heterocycles. The molecule has 0 bridgehead atoms. The zero-order valence-corrected chi connectivity index (χ0v) is 24.2. The zero-order valence-electron chi connectivity index (χ0n) is 24.2. The van der Waals surface area contributed by atoms with E-state index in [0.29, 0.717) is 0 Å². The van der Waals surface area contributed by atoms with Gasteiger partial charge in [0, 0.05) is 45.2 Å². The van der Waals surface area contributed by atoms with Gasteiger partial charge in [-0.2, -0.15) is 0 Å². The highest BCUT2D eigenvalue weighted by molar-refractivity contribution is 6.11. The molecule has 0 spiro atoms. The summed E-state index contributed by atoms with van der Waals surface area (Å²) >= 11 is 0.